The maximum Gasteiger partial charge on any atom is 0.337 e. The molecule has 2 atom stereocenters. The van der Waals surface area contributed by atoms with Crippen LogP contribution >= 0.6 is 0 Å². The molecule has 1 heterocycles. The minimum atomic E-state index is -0.363. The van der Waals surface area contributed by atoms with Crippen molar-refractivity contribution in [1.29, 1.82) is 0 Å². The molecular formula is C36H40N2O4. The van der Waals surface area contributed by atoms with Crippen LogP contribution in [0.3, 0.4) is 0 Å². The number of hydrogen-bond donors (Lipinski definition) is 1. The zero-order valence-corrected chi connectivity index (χ0v) is 24.6. The second-order valence-electron chi connectivity index (χ2n) is 12.3. The quantitative estimate of drug-likeness (QED) is 0.343. The standard InChI is InChI=1S/C36H40N2O4/c1-23-11-13-25(14-12-23)35(40)38-18-17-30-29(26-9-6-10-27(19-26)36(41)42-2)16-15-28(33(30)22-38)21-37-34(39)32-20-31(32)24-7-4-3-5-8-24/h3-10,15-16,19,23,25,31-32H,11-14,17-18,20-22H2,1-2H3,(H,37,39)/t23?,25?,31-,32-/m1/s1. The van der Waals surface area contributed by atoms with Gasteiger partial charge in [0.25, 0.3) is 0 Å². The number of nitrogens with one attached hydrogen (secondary N) is 1. The van der Waals surface area contributed by atoms with E-state index >= 15 is 0 Å². The summed E-state index contributed by atoms with van der Waals surface area (Å²) in [6.07, 6.45) is 5.79. The van der Waals surface area contributed by atoms with Gasteiger partial charge in [-0.1, -0.05) is 61.5 Å². The number of carbonyl (C=O) groups excluding carboxylic acids is 3. The largest absolute Gasteiger partial charge is 0.465 e. The van der Waals surface area contributed by atoms with Crippen molar-refractivity contribution in [2.24, 2.45) is 17.8 Å². The number of esters is 1. The van der Waals surface area contributed by atoms with Crippen LogP contribution in [0.2, 0.25) is 0 Å². The molecule has 3 aromatic carbocycles. The SMILES string of the molecule is COC(=O)c1cccc(-c2ccc(CNC(=O)[C@@H]3C[C@@H]3c3ccccc3)c3c2CCN(C(=O)C2CCC(C)CC2)C3)c1. The molecule has 3 aromatic rings. The summed E-state index contributed by atoms with van der Waals surface area (Å²) in [6.45, 7) is 3.94. The third kappa shape index (κ3) is 5.85. The van der Waals surface area contributed by atoms with Crippen LogP contribution in [0.5, 0.6) is 0 Å². The first kappa shape index (κ1) is 28.2. The van der Waals surface area contributed by atoms with Crippen LogP contribution in [0.25, 0.3) is 11.1 Å². The van der Waals surface area contributed by atoms with Gasteiger partial charge in [-0.3, -0.25) is 9.59 Å². The minimum absolute atomic E-state index is 0.00956. The Hall–Kier alpha value is -3.93. The highest BCUT2D eigenvalue weighted by Gasteiger charge is 2.43. The molecule has 218 valence electrons. The summed E-state index contributed by atoms with van der Waals surface area (Å²) >= 11 is 0. The number of rotatable bonds is 7. The van der Waals surface area contributed by atoms with E-state index in [9.17, 15) is 14.4 Å². The molecule has 42 heavy (non-hydrogen) atoms. The second-order valence-corrected chi connectivity index (χ2v) is 12.3. The summed E-state index contributed by atoms with van der Waals surface area (Å²) < 4.78 is 4.95. The highest BCUT2D eigenvalue weighted by atomic mass is 16.5. The Morgan fingerprint density at radius 1 is 0.929 bits per heavy atom. The summed E-state index contributed by atoms with van der Waals surface area (Å²) in [4.78, 5) is 41.0. The lowest BCUT2D eigenvalue weighted by molar-refractivity contribution is -0.137. The summed E-state index contributed by atoms with van der Waals surface area (Å²) in [7, 11) is 1.39. The smallest absolute Gasteiger partial charge is 0.337 e. The van der Waals surface area contributed by atoms with E-state index in [-0.39, 0.29) is 35.5 Å². The molecule has 0 aromatic heterocycles. The maximum absolute atomic E-state index is 13.6. The zero-order valence-electron chi connectivity index (χ0n) is 24.6. The summed E-state index contributed by atoms with van der Waals surface area (Å²) in [6, 6.07) is 22.0. The molecule has 6 rings (SSSR count). The summed E-state index contributed by atoms with van der Waals surface area (Å²) in [5, 5.41) is 3.21. The predicted molar refractivity (Wildman–Crippen MR) is 163 cm³/mol. The Morgan fingerprint density at radius 3 is 2.48 bits per heavy atom. The average Bonchev–Trinajstić information content (AvgIpc) is 3.85. The molecule has 0 bridgehead atoms. The maximum atomic E-state index is 13.6. The first-order chi connectivity index (χ1) is 20.4. The predicted octanol–water partition coefficient (Wildman–Crippen LogP) is 6.27. The molecule has 2 amide bonds. The number of carbonyl (C=O) groups is 3. The van der Waals surface area contributed by atoms with Crippen LogP contribution in [0, 0.1) is 17.8 Å². The number of benzene rings is 3. The van der Waals surface area contributed by atoms with Crippen LogP contribution in [-0.4, -0.2) is 36.3 Å². The van der Waals surface area contributed by atoms with Crippen molar-refractivity contribution in [2.75, 3.05) is 13.7 Å². The van der Waals surface area contributed by atoms with Crippen molar-refractivity contribution in [2.45, 2.75) is 64.5 Å². The molecule has 6 heteroatoms. The lowest BCUT2D eigenvalue weighted by Crippen LogP contribution is -2.41. The van der Waals surface area contributed by atoms with Crippen LogP contribution in [0.4, 0.5) is 0 Å². The number of ether oxygens (including phenoxy) is 1. The zero-order chi connectivity index (χ0) is 29.2. The first-order valence-corrected chi connectivity index (χ1v) is 15.4. The number of hydrogen-bond acceptors (Lipinski definition) is 4. The lowest BCUT2D eigenvalue weighted by atomic mass is 9.81. The molecule has 1 N–H and O–H groups in total. The Morgan fingerprint density at radius 2 is 1.71 bits per heavy atom. The molecule has 2 saturated carbocycles. The molecule has 0 unspecified atom stereocenters. The van der Waals surface area contributed by atoms with Crippen LogP contribution in [0.15, 0.2) is 66.7 Å². The van der Waals surface area contributed by atoms with Crippen molar-refractivity contribution in [3.63, 3.8) is 0 Å². The third-order valence-electron chi connectivity index (χ3n) is 9.59. The number of methoxy groups -OCH3 is 1. The van der Waals surface area contributed by atoms with Crippen molar-refractivity contribution < 1.29 is 19.1 Å². The fourth-order valence-corrected chi connectivity index (χ4v) is 6.93. The minimum Gasteiger partial charge on any atom is -0.465 e. The average molecular weight is 565 g/mol. The molecule has 0 saturated heterocycles. The second kappa shape index (κ2) is 12.1. The van der Waals surface area contributed by atoms with Gasteiger partial charge in [-0.25, -0.2) is 4.79 Å². The van der Waals surface area contributed by atoms with Crippen molar-refractivity contribution in [3.8, 4) is 11.1 Å². The van der Waals surface area contributed by atoms with Crippen LogP contribution in [0.1, 0.15) is 77.6 Å². The Balaban J connectivity index is 1.25. The van der Waals surface area contributed by atoms with Gasteiger partial charge < -0.3 is 15.0 Å². The number of nitrogens with zero attached hydrogens (tertiary/aromatic N) is 1. The van der Waals surface area contributed by atoms with Gasteiger partial charge in [0.15, 0.2) is 0 Å². The Kier molecular flexibility index (Phi) is 8.14. The highest BCUT2D eigenvalue weighted by molar-refractivity contribution is 5.91. The van der Waals surface area contributed by atoms with Gasteiger partial charge in [0.2, 0.25) is 11.8 Å². The number of fused-ring (bicyclic) bond motifs is 1. The molecule has 2 fully saturated rings. The molecule has 0 spiro atoms. The summed E-state index contributed by atoms with van der Waals surface area (Å²) in [5.41, 5.74) is 7.12. The van der Waals surface area contributed by atoms with Gasteiger partial charge in [0, 0.05) is 31.5 Å². The molecule has 2 aliphatic carbocycles. The number of amides is 2. The first-order valence-electron chi connectivity index (χ1n) is 15.4. The fourth-order valence-electron chi connectivity index (χ4n) is 6.93. The van der Waals surface area contributed by atoms with E-state index in [1.54, 1.807) is 6.07 Å². The van der Waals surface area contributed by atoms with Crippen LogP contribution in [-0.2, 0) is 33.8 Å². The highest BCUT2D eigenvalue weighted by Crippen LogP contribution is 2.47. The van der Waals surface area contributed by atoms with E-state index in [2.05, 4.69) is 36.5 Å². The van der Waals surface area contributed by atoms with Gasteiger partial charge in [-0.05, 0) is 95.9 Å². The molecule has 1 aliphatic heterocycles. The lowest BCUT2D eigenvalue weighted by Gasteiger charge is -2.36. The third-order valence-corrected chi connectivity index (χ3v) is 9.59. The topological polar surface area (TPSA) is 75.7 Å². The Bertz CT molecular complexity index is 1470. The van der Waals surface area contributed by atoms with Gasteiger partial charge in [-0.2, -0.15) is 0 Å². The van der Waals surface area contributed by atoms with Gasteiger partial charge in [0.1, 0.15) is 0 Å². The normalized spacial score (nSPS) is 23.0. The van der Waals surface area contributed by atoms with Crippen LogP contribution < -0.4 is 5.32 Å². The van der Waals surface area contributed by atoms with E-state index in [4.69, 9.17) is 4.74 Å². The molecular weight excluding hydrogens is 524 g/mol. The monoisotopic (exact) mass is 564 g/mol. The van der Waals surface area contributed by atoms with Crippen molar-refractivity contribution >= 4 is 17.8 Å². The van der Waals surface area contributed by atoms with Gasteiger partial charge >= 0.3 is 5.97 Å². The van der Waals surface area contributed by atoms with Crippen molar-refractivity contribution in [1.82, 2.24) is 10.2 Å². The van der Waals surface area contributed by atoms with E-state index < -0.39 is 0 Å². The fraction of sp³-hybridized carbons (Fsp3) is 0.417. The molecule has 6 nitrogen and oxygen atoms in total. The Labute approximate surface area is 248 Å². The van der Waals surface area contributed by atoms with Crippen molar-refractivity contribution in [3.05, 3.63) is 94.5 Å². The van der Waals surface area contributed by atoms with E-state index in [0.717, 1.165) is 60.8 Å². The summed E-state index contributed by atoms with van der Waals surface area (Å²) in [5.74, 6) is 1.10. The molecule has 0 radical (unpaired) electrons. The van der Waals surface area contributed by atoms with Gasteiger partial charge in [-0.15, -0.1) is 0 Å². The van der Waals surface area contributed by atoms with E-state index in [0.29, 0.717) is 31.1 Å². The van der Waals surface area contributed by atoms with E-state index in [1.807, 2.05) is 41.3 Å². The molecule has 3 aliphatic rings. The van der Waals surface area contributed by atoms with E-state index in [1.165, 1.54) is 18.2 Å². The van der Waals surface area contributed by atoms with Gasteiger partial charge in [0.05, 0.1) is 12.7 Å².